The second-order valence-corrected chi connectivity index (χ2v) is 7.89. The fraction of sp³-hybridized carbons (Fsp3) is 0.182. The number of fused-ring (bicyclic) bond motifs is 1. The molecule has 162 valence electrons. The van der Waals surface area contributed by atoms with E-state index in [1.807, 2.05) is 0 Å². The highest BCUT2D eigenvalue weighted by molar-refractivity contribution is 6.31. The third-order valence-electron chi connectivity index (χ3n) is 5.22. The lowest BCUT2D eigenvalue weighted by atomic mass is 10.1. The smallest absolute Gasteiger partial charge is 0.320 e. The van der Waals surface area contributed by atoms with Crippen molar-refractivity contribution in [1.29, 1.82) is 0 Å². The van der Waals surface area contributed by atoms with Crippen LogP contribution in [0.5, 0.6) is 0 Å². The van der Waals surface area contributed by atoms with Gasteiger partial charge in [0.25, 0.3) is 5.91 Å². The fourth-order valence-corrected chi connectivity index (χ4v) is 3.93. The van der Waals surface area contributed by atoms with E-state index < -0.39 is 23.3 Å². The van der Waals surface area contributed by atoms with Crippen LogP contribution in [0.4, 0.5) is 18.9 Å². The molecule has 3 aromatic heterocycles. The first-order valence-electron chi connectivity index (χ1n) is 9.79. The number of pyridine rings is 2. The van der Waals surface area contributed by atoms with E-state index in [1.54, 1.807) is 30.5 Å². The van der Waals surface area contributed by atoms with Crippen LogP contribution in [0.1, 0.15) is 40.5 Å². The summed E-state index contributed by atoms with van der Waals surface area (Å²) in [6.45, 7) is 0. The van der Waals surface area contributed by atoms with E-state index in [9.17, 15) is 18.0 Å². The van der Waals surface area contributed by atoms with Gasteiger partial charge < -0.3 is 5.32 Å². The second-order valence-electron chi connectivity index (χ2n) is 7.48. The maximum atomic E-state index is 14.0. The molecular formula is C22H15ClF3N5O. The zero-order valence-corrected chi connectivity index (χ0v) is 17.2. The summed E-state index contributed by atoms with van der Waals surface area (Å²) in [6.07, 6.45) is 1.00. The molecule has 4 aromatic rings. The SMILES string of the molecule is O=C(Nc1cnc(C2CC2)c(Cl)c1)c1cnn(-c2cccc3ncccc23)c1C(F)(F)F. The highest BCUT2D eigenvalue weighted by atomic mass is 35.5. The Morgan fingerprint density at radius 1 is 1.12 bits per heavy atom. The summed E-state index contributed by atoms with van der Waals surface area (Å²) in [5, 5.41) is 7.19. The zero-order valence-electron chi connectivity index (χ0n) is 16.4. The van der Waals surface area contributed by atoms with Crippen LogP contribution in [-0.4, -0.2) is 25.7 Å². The molecule has 5 rings (SSSR count). The van der Waals surface area contributed by atoms with Crippen LogP contribution in [-0.2, 0) is 6.18 Å². The molecule has 1 saturated carbocycles. The Kier molecular flexibility index (Phi) is 4.85. The first-order valence-corrected chi connectivity index (χ1v) is 10.2. The molecular weight excluding hydrogens is 443 g/mol. The summed E-state index contributed by atoms with van der Waals surface area (Å²) in [4.78, 5) is 21.2. The lowest BCUT2D eigenvalue weighted by Gasteiger charge is -2.14. The predicted molar refractivity (Wildman–Crippen MR) is 113 cm³/mol. The average Bonchev–Trinajstić information content (AvgIpc) is 3.49. The Balaban J connectivity index is 1.54. The summed E-state index contributed by atoms with van der Waals surface area (Å²) in [5.41, 5.74) is -0.171. The molecule has 0 saturated heterocycles. The van der Waals surface area contributed by atoms with Gasteiger partial charge in [-0.1, -0.05) is 17.7 Å². The number of nitrogens with one attached hydrogen (secondary N) is 1. The van der Waals surface area contributed by atoms with Crippen molar-refractivity contribution in [2.75, 3.05) is 5.32 Å². The minimum atomic E-state index is -4.83. The van der Waals surface area contributed by atoms with Gasteiger partial charge >= 0.3 is 6.18 Å². The minimum Gasteiger partial charge on any atom is -0.320 e. The van der Waals surface area contributed by atoms with E-state index in [2.05, 4.69) is 20.4 Å². The van der Waals surface area contributed by atoms with Crippen LogP contribution in [0, 0.1) is 0 Å². The maximum Gasteiger partial charge on any atom is 0.434 e. The molecule has 1 N–H and O–H groups in total. The van der Waals surface area contributed by atoms with Crippen LogP contribution >= 0.6 is 11.6 Å². The number of aromatic nitrogens is 4. The number of anilines is 1. The third-order valence-corrected chi connectivity index (χ3v) is 5.53. The van der Waals surface area contributed by atoms with Gasteiger partial charge in [0.15, 0.2) is 5.69 Å². The van der Waals surface area contributed by atoms with Crippen molar-refractivity contribution in [1.82, 2.24) is 19.7 Å². The number of carbonyl (C=O) groups is 1. The number of benzene rings is 1. The third kappa shape index (κ3) is 3.69. The molecule has 1 aliphatic rings. The van der Waals surface area contributed by atoms with Crippen molar-refractivity contribution in [3.05, 3.63) is 77.0 Å². The Morgan fingerprint density at radius 3 is 2.66 bits per heavy atom. The largest absolute Gasteiger partial charge is 0.434 e. The van der Waals surface area contributed by atoms with Crippen molar-refractivity contribution in [3.8, 4) is 5.69 Å². The van der Waals surface area contributed by atoms with Crippen LogP contribution < -0.4 is 5.32 Å². The lowest BCUT2D eigenvalue weighted by molar-refractivity contribution is -0.143. The van der Waals surface area contributed by atoms with Crippen LogP contribution in [0.3, 0.4) is 0 Å². The first kappa shape index (κ1) is 20.4. The average molecular weight is 458 g/mol. The first-order chi connectivity index (χ1) is 15.3. The molecule has 0 aliphatic heterocycles. The molecule has 6 nitrogen and oxygen atoms in total. The summed E-state index contributed by atoms with van der Waals surface area (Å²) < 4.78 is 42.9. The van der Waals surface area contributed by atoms with E-state index in [1.165, 1.54) is 18.3 Å². The summed E-state index contributed by atoms with van der Waals surface area (Å²) in [6, 6.07) is 9.53. The number of rotatable bonds is 4. The van der Waals surface area contributed by atoms with Gasteiger partial charge in [0.05, 0.1) is 45.6 Å². The number of halogens is 4. The molecule has 0 spiro atoms. The van der Waals surface area contributed by atoms with Crippen molar-refractivity contribution >= 4 is 34.1 Å². The topological polar surface area (TPSA) is 72.7 Å². The van der Waals surface area contributed by atoms with Gasteiger partial charge in [-0.15, -0.1) is 0 Å². The van der Waals surface area contributed by atoms with Crippen molar-refractivity contribution in [3.63, 3.8) is 0 Å². The molecule has 0 radical (unpaired) electrons. The molecule has 1 amide bonds. The second kappa shape index (κ2) is 7.59. The van der Waals surface area contributed by atoms with Gasteiger partial charge in [-0.3, -0.25) is 14.8 Å². The molecule has 1 fully saturated rings. The van der Waals surface area contributed by atoms with Crippen molar-refractivity contribution in [2.24, 2.45) is 0 Å². The molecule has 1 aromatic carbocycles. The highest BCUT2D eigenvalue weighted by Gasteiger charge is 2.41. The summed E-state index contributed by atoms with van der Waals surface area (Å²) >= 11 is 6.22. The molecule has 0 atom stereocenters. The Morgan fingerprint density at radius 2 is 1.94 bits per heavy atom. The lowest BCUT2D eigenvalue weighted by Crippen LogP contribution is -2.21. The fourth-order valence-electron chi connectivity index (χ4n) is 3.61. The Bertz CT molecular complexity index is 1340. The number of nitrogens with zero attached hydrogens (tertiary/aromatic N) is 4. The minimum absolute atomic E-state index is 0.167. The predicted octanol–water partition coefficient (Wildman–Crippen LogP) is 5.62. The standard InChI is InChI=1S/C22H15ClF3N5O/c23-16-9-13(10-28-19(16)12-6-7-12)30-21(32)15-11-29-31(20(15)22(24,25)26)18-5-1-4-17-14(18)3-2-8-27-17/h1-5,8-12H,6-7H2,(H,30,32). The van der Waals surface area contributed by atoms with Gasteiger partial charge in [0.2, 0.25) is 0 Å². The Hall–Kier alpha value is -3.46. The van der Waals surface area contributed by atoms with Gasteiger partial charge in [0.1, 0.15) is 0 Å². The van der Waals surface area contributed by atoms with Gasteiger partial charge in [-0.05, 0) is 43.2 Å². The molecule has 32 heavy (non-hydrogen) atoms. The normalized spacial score (nSPS) is 14.0. The molecule has 0 unspecified atom stereocenters. The van der Waals surface area contributed by atoms with Crippen molar-refractivity contribution in [2.45, 2.75) is 24.9 Å². The number of hydrogen-bond donors (Lipinski definition) is 1. The quantitative estimate of drug-likeness (QED) is 0.432. The van der Waals surface area contributed by atoms with Crippen LogP contribution in [0.2, 0.25) is 5.02 Å². The van der Waals surface area contributed by atoms with Crippen LogP contribution in [0.15, 0.2) is 55.0 Å². The van der Waals surface area contributed by atoms with Crippen molar-refractivity contribution < 1.29 is 18.0 Å². The maximum absolute atomic E-state index is 14.0. The zero-order chi connectivity index (χ0) is 22.5. The summed E-state index contributed by atoms with van der Waals surface area (Å²) in [7, 11) is 0. The van der Waals surface area contributed by atoms with Gasteiger partial charge in [-0.25, -0.2) is 4.68 Å². The molecule has 10 heteroatoms. The monoisotopic (exact) mass is 457 g/mol. The number of amides is 1. The van der Waals surface area contributed by atoms with Gasteiger partial charge in [0, 0.05) is 17.5 Å². The molecule has 3 heterocycles. The van der Waals surface area contributed by atoms with Gasteiger partial charge in [-0.2, -0.15) is 18.3 Å². The van der Waals surface area contributed by atoms with E-state index >= 15 is 0 Å². The Labute approximate surface area is 185 Å². The van der Waals surface area contributed by atoms with E-state index in [0.29, 0.717) is 21.8 Å². The van der Waals surface area contributed by atoms with E-state index in [4.69, 9.17) is 11.6 Å². The molecule has 1 aliphatic carbocycles. The van der Waals surface area contributed by atoms with Crippen LogP contribution in [0.25, 0.3) is 16.6 Å². The summed E-state index contributed by atoms with van der Waals surface area (Å²) in [5.74, 6) is -0.656. The van der Waals surface area contributed by atoms with E-state index in [0.717, 1.165) is 29.4 Å². The number of alkyl halides is 3. The number of hydrogen-bond acceptors (Lipinski definition) is 4. The molecule has 0 bridgehead atoms. The van der Waals surface area contributed by atoms with E-state index in [-0.39, 0.29) is 11.4 Å². The highest BCUT2D eigenvalue weighted by Crippen LogP contribution is 2.42. The number of carbonyl (C=O) groups excluding carboxylic acids is 1.